The monoisotopic (exact) mass is 188 g/mol. The third kappa shape index (κ3) is 1.37. The summed E-state index contributed by atoms with van der Waals surface area (Å²) in [6.45, 7) is 0.903. The third-order valence-corrected chi connectivity index (χ3v) is 2.54. The number of rotatable bonds is 3. The number of hydrogen-bond acceptors (Lipinski definition) is 3. The second-order valence-electron chi connectivity index (χ2n) is 3.72. The third-order valence-electron chi connectivity index (χ3n) is 2.54. The van der Waals surface area contributed by atoms with E-state index in [0.29, 0.717) is 0 Å². The molecule has 14 heavy (non-hydrogen) atoms. The molecule has 0 amide bonds. The van der Waals surface area contributed by atoms with Crippen LogP contribution >= 0.6 is 0 Å². The summed E-state index contributed by atoms with van der Waals surface area (Å²) in [5, 5.41) is 11.8. The quantitative estimate of drug-likeness (QED) is 0.780. The van der Waals surface area contributed by atoms with Gasteiger partial charge in [0.15, 0.2) is 0 Å². The Hall–Kier alpha value is -1.42. The van der Waals surface area contributed by atoms with Crippen LogP contribution < -0.4 is 5.32 Å². The molecular weight excluding hydrogens is 176 g/mol. The molecule has 0 radical (unpaired) electrons. The molecule has 72 valence electrons. The van der Waals surface area contributed by atoms with Gasteiger partial charge < -0.3 is 5.32 Å². The van der Waals surface area contributed by atoms with Crippen LogP contribution in [0.1, 0.15) is 18.4 Å². The predicted octanol–water partition coefficient (Wildman–Crippen LogP) is 0.981. The van der Waals surface area contributed by atoms with Crippen molar-refractivity contribution in [1.82, 2.24) is 20.1 Å². The minimum atomic E-state index is 0.738. The first-order valence-corrected chi connectivity index (χ1v) is 4.95. The van der Waals surface area contributed by atoms with Gasteiger partial charge in [-0.3, -0.25) is 0 Å². The van der Waals surface area contributed by atoms with E-state index in [2.05, 4.69) is 15.5 Å². The van der Waals surface area contributed by atoms with Gasteiger partial charge in [0.25, 0.3) is 0 Å². The average Bonchev–Trinajstić information content (AvgIpc) is 2.96. The number of nitrogens with one attached hydrogen (secondary N) is 1. The van der Waals surface area contributed by atoms with Crippen LogP contribution in [0.15, 0.2) is 24.5 Å². The Kier molecular flexibility index (Phi) is 1.73. The maximum atomic E-state index is 4.18. The van der Waals surface area contributed by atoms with Crippen molar-refractivity contribution in [3.63, 3.8) is 0 Å². The van der Waals surface area contributed by atoms with Crippen LogP contribution in [0.4, 0.5) is 0 Å². The lowest BCUT2D eigenvalue weighted by molar-refractivity contribution is 0.690. The Morgan fingerprint density at radius 3 is 3.21 bits per heavy atom. The zero-order chi connectivity index (χ0) is 9.38. The number of nitrogens with zero attached hydrogens (tertiary/aromatic N) is 3. The Labute approximate surface area is 81.9 Å². The van der Waals surface area contributed by atoms with Crippen molar-refractivity contribution < 1.29 is 0 Å². The Balaban J connectivity index is 1.87. The van der Waals surface area contributed by atoms with Gasteiger partial charge in [-0.25, -0.2) is 0 Å². The van der Waals surface area contributed by atoms with Crippen molar-refractivity contribution in [3.8, 4) is 0 Å². The normalized spacial score (nSPS) is 16.3. The van der Waals surface area contributed by atoms with Crippen LogP contribution in [-0.4, -0.2) is 20.9 Å². The van der Waals surface area contributed by atoms with Gasteiger partial charge in [0.2, 0.25) is 0 Å². The van der Waals surface area contributed by atoms with E-state index >= 15 is 0 Å². The first-order chi connectivity index (χ1) is 6.93. The van der Waals surface area contributed by atoms with E-state index in [1.54, 1.807) is 10.8 Å². The van der Waals surface area contributed by atoms with Gasteiger partial charge >= 0.3 is 0 Å². The molecule has 4 nitrogen and oxygen atoms in total. The molecule has 1 aliphatic carbocycles. The van der Waals surface area contributed by atoms with Crippen molar-refractivity contribution in [2.75, 3.05) is 0 Å². The van der Waals surface area contributed by atoms with Crippen LogP contribution in [-0.2, 0) is 6.54 Å². The van der Waals surface area contributed by atoms with Crippen LogP contribution in [0.25, 0.3) is 5.52 Å². The average molecular weight is 188 g/mol. The van der Waals surface area contributed by atoms with Crippen LogP contribution in [0.3, 0.4) is 0 Å². The fourth-order valence-electron chi connectivity index (χ4n) is 1.56. The van der Waals surface area contributed by atoms with E-state index in [9.17, 15) is 0 Å². The zero-order valence-corrected chi connectivity index (χ0v) is 7.85. The highest BCUT2D eigenvalue weighted by Gasteiger charge is 2.20. The highest BCUT2D eigenvalue weighted by atomic mass is 15.4. The molecule has 1 fully saturated rings. The molecule has 0 saturated heterocycles. The summed E-state index contributed by atoms with van der Waals surface area (Å²) < 4.78 is 1.67. The first-order valence-electron chi connectivity index (χ1n) is 4.95. The molecule has 0 bridgehead atoms. The standard InChI is InChI=1S/C10H12N4/c1-2-10-8(6-11-9-3-4-9)7-13-14(10)12-5-1/h1-2,5,7,9,11H,3-4,6H2. The molecule has 0 spiro atoms. The van der Waals surface area contributed by atoms with Crippen LogP contribution in [0, 0.1) is 0 Å². The van der Waals surface area contributed by atoms with Crippen LogP contribution in [0.5, 0.6) is 0 Å². The van der Waals surface area contributed by atoms with Gasteiger partial charge in [-0.15, -0.1) is 0 Å². The molecule has 0 aromatic carbocycles. The highest BCUT2D eigenvalue weighted by molar-refractivity contribution is 5.52. The minimum Gasteiger partial charge on any atom is -0.310 e. The maximum absolute atomic E-state index is 4.18. The van der Waals surface area contributed by atoms with E-state index in [-0.39, 0.29) is 0 Å². The zero-order valence-electron chi connectivity index (χ0n) is 7.85. The molecule has 3 rings (SSSR count). The molecule has 4 heteroatoms. The molecule has 1 N–H and O–H groups in total. The molecule has 0 atom stereocenters. The molecule has 1 saturated carbocycles. The second kappa shape index (κ2) is 3.06. The maximum Gasteiger partial charge on any atom is 0.0918 e. The Morgan fingerprint density at radius 1 is 1.43 bits per heavy atom. The van der Waals surface area contributed by atoms with E-state index in [0.717, 1.165) is 18.1 Å². The van der Waals surface area contributed by atoms with Gasteiger partial charge in [0.1, 0.15) is 0 Å². The van der Waals surface area contributed by atoms with Crippen LogP contribution in [0.2, 0.25) is 0 Å². The fraction of sp³-hybridized carbons (Fsp3) is 0.400. The van der Waals surface area contributed by atoms with Gasteiger partial charge in [-0.1, -0.05) is 0 Å². The van der Waals surface area contributed by atoms with E-state index in [4.69, 9.17) is 0 Å². The topological polar surface area (TPSA) is 42.2 Å². The molecule has 0 aliphatic heterocycles. The smallest absolute Gasteiger partial charge is 0.0918 e. The number of hydrogen-bond donors (Lipinski definition) is 1. The lowest BCUT2D eigenvalue weighted by atomic mass is 10.3. The predicted molar refractivity (Wildman–Crippen MR) is 52.8 cm³/mol. The summed E-state index contributed by atoms with van der Waals surface area (Å²) in [6.07, 6.45) is 6.27. The lowest BCUT2D eigenvalue weighted by Gasteiger charge is -1.99. The summed E-state index contributed by atoms with van der Waals surface area (Å²) in [4.78, 5) is 0. The SMILES string of the molecule is c1cnn2ncc(CNC3CC3)c2c1. The molecule has 1 aliphatic rings. The van der Waals surface area contributed by atoms with Gasteiger partial charge in [-0.05, 0) is 25.0 Å². The summed E-state index contributed by atoms with van der Waals surface area (Å²) in [5.74, 6) is 0. The fourth-order valence-corrected chi connectivity index (χ4v) is 1.56. The molecule has 2 aromatic heterocycles. The summed E-state index contributed by atoms with van der Waals surface area (Å²) >= 11 is 0. The molecular formula is C10H12N4. The van der Waals surface area contributed by atoms with Crippen molar-refractivity contribution in [2.45, 2.75) is 25.4 Å². The van der Waals surface area contributed by atoms with Crippen molar-refractivity contribution >= 4 is 5.52 Å². The lowest BCUT2D eigenvalue weighted by Crippen LogP contribution is -2.15. The molecule has 2 aromatic rings. The van der Waals surface area contributed by atoms with Crippen molar-refractivity contribution in [3.05, 3.63) is 30.1 Å². The van der Waals surface area contributed by atoms with Crippen molar-refractivity contribution in [1.29, 1.82) is 0 Å². The highest BCUT2D eigenvalue weighted by Crippen LogP contribution is 2.19. The minimum absolute atomic E-state index is 0.738. The van der Waals surface area contributed by atoms with E-state index < -0.39 is 0 Å². The summed E-state index contributed by atoms with van der Waals surface area (Å²) in [5.41, 5.74) is 2.32. The Bertz CT molecular complexity index is 444. The van der Waals surface area contributed by atoms with Gasteiger partial charge in [0, 0.05) is 24.3 Å². The molecule has 0 unspecified atom stereocenters. The first kappa shape index (κ1) is 7.94. The second-order valence-corrected chi connectivity index (χ2v) is 3.72. The van der Waals surface area contributed by atoms with E-state index in [1.807, 2.05) is 18.3 Å². The van der Waals surface area contributed by atoms with E-state index in [1.165, 1.54) is 18.4 Å². The molecule has 2 heterocycles. The number of aromatic nitrogens is 3. The largest absolute Gasteiger partial charge is 0.310 e. The van der Waals surface area contributed by atoms with Crippen molar-refractivity contribution in [2.24, 2.45) is 0 Å². The van der Waals surface area contributed by atoms with Gasteiger partial charge in [-0.2, -0.15) is 14.8 Å². The van der Waals surface area contributed by atoms with Gasteiger partial charge in [0.05, 0.1) is 11.7 Å². The summed E-state index contributed by atoms with van der Waals surface area (Å²) in [7, 11) is 0. The number of fused-ring (bicyclic) bond motifs is 1. The summed E-state index contributed by atoms with van der Waals surface area (Å²) in [6, 6.07) is 4.73. The Morgan fingerprint density at radius 2 is 2.36 bits per heavy atom.